The molecule has 0 radical (unpaired) electrons. The average molecular weight is 289 g/mol. The van der Waals surface area contributed by atoms with Crippen LogP contribution in [0.5, 0.6) is 0 Å². The van der Waals surface area contributed by atoms with Gasteiger partial charge in [-0.05, 0) is 30.0 Å². The second-order valence-electron chi connectivity index (χ2n) is 7.11. The van der Waals surface area contributed by atoms with Crippen LogP contribution in [0.15, 0.2) is 24.3 Å². The van der Waals surface area contributed by atoms with Crippen LogP contribution in [0, 0.1) is 11.8 Å². The van der Waals surface area contributed by atoms with Crippen molar-refractivity contribution in [1.29, 1.82) is 0 Å². The van der Waals surface area contributed by atoms with Crippen molar-refractivity contribution in [1.82, 2.24) is 0 Å². The van der Waals surface area contributed by atoms with Gasteiger partial charge in [0.15, 0.2) is 6.54 Å². The van der Waals surface area contributed by atoms with Gasteiger partial charge in [-0.1, -0.05) is 39.8 Å². The summed E-state index contributed by atoms with van der Waals surface area (Å²) in [6, 6.07) is 8.20. The molecule has 1 fully saturated rings. The van der Waals surface area contributed by atoms with Crippen molar-refractivity contribution in [2.45, 2.75) is 40.0 Å². The Kier molecular flexibility index (Phi) is 5.40. The minimum absolute atomic E-state index is 0.128. The van der Waals surface area contributed by atoms with E-state index in [0.717, 1.165) is 30.6 Å². The van der Waals surface area contributed by atoms with Gasteiger partial charge in [0.25, 0.3) is 5.91 Å². The highest BCUT2D eigenvalue weighted by Gasteiger charge is 2.26. The number of hydrogen-bond donors (Lipinski definition) is 2. The lowest BCUT2D eigenvalue weighted by atomic mass is 9.92. The van der Waals surface area contributed by atoms with Crippen LogP contribution in [0.1, 0.15) is 45.6 Å². The maximum Gasteiger partial charge on any atom is 0.279 e. The van der Waals surface area contributed by atoms with E-state index in [1.165, 1.54) is 16.9 Å². The van der Waals surface area contributed by atoms with Gasteiger partial charge in [0.1, 0.15) is 0 Å². The fourth-order valence-electron chi connectivity index (χ4n) is 3.45. The number of nitrogens with one attached hydrogen (secondary N) is 2. The van der Waals surface area contributed by atoms with Crippen LogP contribution < -0.4 is 10.2 Å². The van der Waals surface area contributed by atoms with Gasteiger partial charge in [-0.25, -0.2) is 0 Å². The van der Waals surface area contributed by atoms with Gasteiger partial charge < -0.3 is 10.2 Å². The van der Waals surface area contributed by atoms with Crippen LogP contribution in [0.2, 0.25) is 0 Å². The standard InChI is InChI=1S/C18H28N2O/c1-13(2)16-5-7-17(8-6-16)19-18(21)12-20-10-14(3)9-15(4)11-20/h5-8,13-15H,9-12H2,1-4H3,(H,19,21)/p+1/t14-,15-/m1/s1. The Morgan fingerprint density at radius 1 is 1.19 bits per heavy atom. The zero-order valence-electron chi connectivity index (χ0n) is 13.8. The molecular formula is C18H29N2O+. The molecule has 2 N–H and O–H groups in total. The molecule has 1 heterocycles. The summed E-state index contributed by atoms with van der Waals surface area (Å²) in [5.41, 5.74) is 2.21. The summed E-state index contributed by atoms with van der Waals surface area (Å²) in [6.07, 6.45) is 1.29. The zero-order chi connectivity index (χ0) is 15.4. The van der Waals surface area contributed by atoms with E-state index in [0.29, 0.717) is 12.5 Å². The van der Waals surface area contributed by atoms with Crippen LogP contribution >= 0.6 is 0 Å². The van der Waals surface area contributed by atoms with E-state index in [1.807, 2.05) is 12.1 Å². The van der Waals surface area contributed by atoms with Crippen molar-refractivity contribution in [3.8, 4) is 0 Å². The first-order chi connectivity index (χ1) is 9.94. The smallest absolute Gasteiger partial charge is 0.279 e. The predicted molar refractivity (Wildman–Crippen MR) is 87.7 cm³/mol. The van der Waals surface area contributed by atoms with Crippen LogP contribution in [-0.2, 0) is 4.79 Å². The molecule has 2 atom stereocenters. The molecule has 0 aliphatic carbocycles. The second-order valence-corrected chi connectivity index (χ2v) is 7.11. The van der Waals surface area contributed by atoms with Crippen molar-refractivity contribution in [2.75, 3.05) is 25.0 Å². The predicted octanol–water partition coefficient (Wildman–Crippen LogP) is 2.31. The lowest BCUT2D eigenvalue weighted by Gasteiger charge is -2.31. The minimum Gasteiger partial charge on any atom is -0.327 e. The van der Waals surface area contributed by atoms with Gasteiger partial charge >= 0.3 is 0 Å². The average Bonchev–Trinajstić information content (AvgIpc) is 2.37. The van der Waals surface area contributed by atoms with Gasteiger partial charge in [-0.15, -0.1) is 0 Å². The van der Waals surface area contributed by atoms with Crippen molar-refractivity contribution in [3.05, 3.63) is 29.8 Å². The molecule has 1 saturated heterocycles. The number of rotatable bonds is 4. The van der Waals surface area contributed by atoms with Gasteiger partial charge in [-0.3, -0.25) is 4.79 Å². The maximum atomic E-state index is 12.2. The van der Waals surface area contributed by atoms with Gasteiger partial charge in [0.05, 0.1) is 13.1 Å². The Hall–Kier alpha value is -1.35. The molecule has 0 unspecified atom stereocenters. The van der Waals surface area contributed by atoms with Crippen molar-refractivity contribution >= 4 is 11.6 Å². The third-order valence-corrected chi connectivity index (χ3v) is 4.35. The van der Waals surface area contributed by atoms with Crippen LogP contribution in [0.3, 0.4) is 0 Å². The van der Waals surface area contributed by atoms with Crippen molar-refractivity contribution in [2.24, 2.45) is 11.8 Å². The van der Waals surface area contributed by atoms with E-state index < -0.39 is 0 Å². The number of carbonyl (C=O) groups excluding carboxylic acids is 1. The van der Waals surface area contributed by atoms with Gasteiger partial charge in [0, 0.05) is 17.5 Å². The zero-order valence-corrected chi connectivity index (χ0v) is 13.8. The fourth-order valence-corrected chi connectivity index (χ4v) is 3.45. The minimum atomic E-state index is 0.128. The molecule has 0 bridgehead atoms. The summed E-state index contributed by atoms with van der Waals surface area (Å²) < 4.78 is 0. The topological polar surface area (TPSA) is 33.5 Å². The Morgan fingerprint density at radius 3 is 2.29 bits per heavy atom. The monoisotopic (exact) mass is 289 g/mol. The first kappa shape index (κ1) is 16.0. The second kappa shape index (κ2) is 7.08. The number of quaternary nitrogens is 1. The largest absolute Gasteiger partial charge is 0.327 e. The lowest BCUT2D eigenvalue weighted by Crippen LogP contribution is -3.15. The van der Waals surface area contributed by atoms with Crippen LogP contribution in [0.4, 0.5) is 5.69 Å². The normalized spacial score (nSPS) is 25.9. The summed E-state index contributed by atoms with van der Waals surface area (Å²) in [6.45, 7) is 11.7. The van der Waals surface area contributed by atoms with E-state index in [2.05, 4.69) is 45.1 Å². The highest BCUT2D eigenvalue weighted by atomic mass is 16.2. The molecule has 3 nitrogen and oxygen atoms in total. The molecule has 1 aromatic carbocycles. The Bertz CT molecular complexity index is 457. The third kappa shape index (κ3) is 4.85. The fraction of sp³-hybridized carbons (Fsp3) is 0.611. The van der Waals surface area contributed by atoms with E-state index in [4.69, 9.17) is 0 Å². The maximum absolute atomic E-state index is 12.2. The summed E-state index contributed by atoms with van der Waals surface area (Å²) in [5, 5.41) is 3.03. The summed E-state index contributed by atoms with van der Waals surface area (Å²) in [4.78, 5) is 13.6. The molecule has 116 valence electrons. The highest BCUT2D eigenvalue weighted by molar-refractivity contribution is 5.91. The molecule has 1 aliphatic rings. The number of likely N-dealkylation sites (tertiary alicyclic amines) is 1. The number of benzene rings is 1. The van der Waals surface area contributed by atoms with E-state index in [-0.39, 0.29) is 5.91 Å². The number of amides is 1. The molecule has 3 heteroatoms. The van der Waals surface area contributed by atoms with Crippen LogP contribution in [-0.4, -0.2) is 25.5 Å². The molecule has 21 heavy (non-hydrogen) atoms. The quantitative estimate of drug-likeness (QED) is 0.876. The van der Waals surface area contributed by atoms with E-state index in [9.17, 15) is 4.79 Å². The first-order valence-corrected chi connectivity index (χ1v) is 8.17. The number of anilines is 1. The SMILES string of the molecule is CC(C)c1ccc(NC(=O)C[NH+]2C[C@H](C)C[C@@H](C)C2)cc1. The van der Waals surface area contributed by atoms with E-state index in [1.54, 1.807) is 0 Å². The molecule has 1 aromatic rings. The van der Waals surface area contributed by atoms with Gasteiger partial charge in [-0.2, -0.15) is 0 Å². The summed E-state index contributed by atoms with van der Waals surface area (Å²) >= 11 is 0. The first-order valence-electron chi connectivity index (χ1n) is 8.17. The number of hydrogen-bond acceptors (Lipinski definition) is 1. The molecule has 0 aromatic heterocycles. The summed E-state index contributed by atoms with van der Waals surface area (Å²) in [5.74, 6) is 2.10. The molecule has 0 spiro atoms. The Morgan fingerprint density at radius 2 is 1.76 bits per heavy atom. The number of carbonyl (C=O) groups is 1. The van der Waals surface area contributed by atoms with Crippen LogP contribution in [0.25, 0.3) is 0 Å². The summed E-state index contributed by atoms with van der Waals surface area (Å²) in [7, 11) is 0. The van der Waals surface area contributed by atoms with E-state index >= 15 is 0 Å². The molecule has 0 saturated carbocycles. The van der Waals surface area contributed by atoms with Crippen molar-refractivity contribution < 1.29 is 9.69 Å². The van der Waals surface area contributed by atoms with Crippen molar-refractivity contribution in [3.63, 3.8) is 0 Å². The van der Waals surface area contributed by atoms with Gasteiger partial charge in [0.2, 0.25) is 0 Å². The Balaban J connectivity index is 1.86. The molecular weight excluding hydrogens is 260 g/mol. The Labute approximate surface area is 128 Å². The molecule has 2 rings (SSSR count). The third-order valence-electron chi connectivity index (χ3n) is 4.35. The number of piperidine rings is 1. The lowest BCUT2D eigenvalue weighted by molar-refractivity contribution is -0.904. The molecule has 1 amide bonds. The highest BCUT2D eigenvalue weighted by Crippen LogP contribution is 2.17. The molecule has 1 aliphatic heterocycles.